The molecule has 92 valence electrons. The van der Waals surface area contributed by atoms with Crippen LogP contribution in [0.15, 0.2) is 23.2 Å². The van der Waals surface area contributed by atoms with Crippen molar-refractivity contribution in [2.45, 2.75) is 32.4 Å². The average Bonchev–Trinajstić information content (AvgIpc) is 2.32. The topological polar surface area (TPSA) is 61.8 Å². The molecular formula is C13H19N3O. The molecule has 1 aromatic rings. The van der Waals surface area contributed by atoms with Gasteiger partial charge in [-0.1, -0.05) is 25.8 Å². The Morgan fingerprint density at radius 1 is 1.41 bits per heavy atom. The molecule has 1 heterocycles. The molecule has 2 rings (SSSR count). The molecule has 0 bridgehead atoms. The van der Waals surface area contributed by atoms with E-state index in [1.165, 1.54) is 6.42 Å². The Labute approximate surface area is 102 Å². The van der Waals surface area contributed by atoms with Gasteiger partial charge in [-0.15, -0.1) is 0 Å². The Morgan fingerprint density at radius 2 is 2.24 bits per heavy atom. The molecule has 0 aliphatic carbocycles. The number of rotatable bonds is 4. The Balaban J connectivity index is 2.14. The number of anilines is 1. The molecule has 1 aliphatic rings. The molecule has 17 heavy (non-hydrogen) atoms. The van der Waals surface area contributed by atoms with E-state index in [1.54, 1.807) is 12.4 Å². The van der Waals surface area contributed by atoms with Crippen molar-refractivity contribution < 1.29 is 5.11 Å². The third kappa shape index (κ3) is 2.42. The maximum absolute atomic E-state index is 10.3. The van der Waals surface area contributed by atoms with Crippen LogP contribution in [0.1, 0.15) is 38.0 Å². The average molecular weight is 233 g/mol. The van der Waals surface area contributed by atoms with E-state index in [-0.39, 0.29) is 0 Å². The number of unbranched alkanes of at least 4 members (excludes halogenated alkanes) is 2. The zero-order chi connectivity index (χ0) is 12.3. The third-order valence-electron chi connectivity index (χ3n) is 3.05. The van der Waals surface area contributed by atoms with E-state index >= 15 is 0 Å². The van der Waals surface area contributed by atoms with E-state index < -0.39 is 6.23 Å². The summed E-state index contributed by atoms with van der Waals surface area (Å²) in [5.74, 6) is 0. The fraction of sp³-hybridized carbons (Fsp3) is 0.462. The molecule has 1 unspecified atom stereocenters. The van der Waals surface area contributed by atoms with Gasteiger partial charge in [0.05, 0.1) is 12.0 Å². The van der Waals surface area contributed by atoms with Crippen LogP contribution in [0, 0.1) is 0 Å². The van der Waals surface area contributed by atoms with Crippen molar-refractivity contribution in [2.75, 3.05) is 12.3 Å². The van der Waals surface area contributed by atoms with Crippen molar-refractivity contribution in [2.24, 2.45) is 4.99 Å². The van der Waals surface area contributed by atoms with Crippen LogP contribution in [-0.4, -0.2) is 22.9 Å². The normalized spacial score (nSPS) is 18.2. The number of hydrogen-bond donors (Lipinski definition) is 2. The number of aliphatic imine (C=N–C) groups is 1. The summed E-state index contributed by atoms with van der Waals surface area (Å²) in [6.07, 6.45) is 4.43. The number of nitrogens with two attached hydrogens (primary N) is 1. The number of nitrogens with zero attached hydrogens (tertiary/aromatic N) is 2. The van der Waals surface area contributed by atoms with E-state index in [1.807, 2.05) is 17.0 Å². The second-order valence-electron chi connectivity index (χ2n) is 4.34. The third-order valence-corrected chi connectivity index (χ3v) is 3.05. The first-order valence-electron chi connectivity index (χ1n) is 6.10. The van der Waals surface area contributed by atoms with E-state index in [0.717, 1.165) is 30.6 Å². The zero-order valence-electron chi connectivity index (χ0n) is 10.1. The van der Waals surface area contributed by atoms with Crippen LogP contribution in [0.25, 0.3) is 0 Å². The minimum atomic E-state index is -0.666. The highest BCUT2D eigenvalue weighted by atomic mass is 16.3. The second-order valence-corrected chi connectivity index (χ2v) is 4.34. The van der Waals surface area contributed by atoms with Crippen LogP contribution in [0.4, 0.5) is 11.4 Å². The quantitative estimate of drug-likeness (QED) is 0.620. The molecule has 4 nitrogen and oxygen atoms in total. The van der Waals surface area contributed by atoms with Crippen molar-refractivity contribution >= 4 is 17.7 Å². The summed E-state index contributed by atoms with van der Waals surface area (Å²) in [5, 5.41) is 10.3. The Kier molecular flexibility index (Phi) is 3.64. The minimum absolute atomic E-state index is 0.604. The summed E-state index contributed by atoms with van der Waals surface area (Å²) in [6.45, 7) is 2.97. The molecule has 1 atom stereocenters. The van der Waals surface area contributed by atoms with Gasteiger partial charge in [0.2, 0.25) is 0 Å². The number of nitrogen functional groups attached to an aromatic ring is 1. The molecule has 0 radical (unpaired) electrons. The second kappa shape index (κ2) is 5.19. The van der Waals surface area contributed by atoms with E-state index in [9.17, 15) is 5.11 Å². The van der Waals surface area contributed by atoms with Gasteiger partial charge in [0, 0.05) is 17.8 Å². The number of aliphatic hydroxyl groups excluding tert-OH is 1. The van der Waals surface area contributed by atoms with E-state index in [4.69, 9.17) is 5.73 Å². The van der Waals surface area contributed by atoms with E-state index in [0.29, 0.717) is 5.69 Å². The molecular weight excluding hydrogens is 214 g/mol. The van der Waals surface area contributed by atoms with Crippen molar-refractivity contribution in [1.82, 2.24) is 4.90 Å². The summed E-state index contributed by atoms with van der Waals surface area (Å²) in [7, 11) is 0. The van der Waals surface area contributed by atoms with Gasteiger partial charge in [-0.2, -0.15) is 0 Å². The highest BCUT2D eigenvalue weighted by Crippen LogP contribution is 2.35. The zero-order valence-corrected chi connectivity index (χ0v) is 10.1. The van der Waals surface area contributed by atoms with Crippen LogP contribution in [0.3, 0.4) is 0 Å². The van der Waals surface area contributed by atoms with Crippen LogP contribution in [-0.2, 0) is 0 Å². The number of fused-ring (bicyclic) bond motifs is 1. The van der Waals surface area contributed by atoms with Gasteiger partial charge in [0.1, 0.15) is 0 Å². The predicted octanol–water partition coefficient (Wildman–Crippen LogP) is 2.43. The first-order valence-corrected chi connectivity index (χ1v) is 6.10. The van der Waals surface area contributed by atoms with Gasteiger partial charge in [-0.05, 0) is 18.6 Å². The molecule has 0 fully saturated rings. The molecule has 0 spiro atoms. The first kappa shape index (κ1) is 11.9. The lowest BCUT2D eigenvalue weighted by Crippen LogP contribution is -2.31. The number of hydrogen-bond acceptors (Lipinski definition) is 4. The van der Waals surface area contributed by atoms with Crippen LogP contribution >= 0.6 is 0 Å². The highest BCUT2D eigenvalue weighted by molar-refractivity contribution is 5.72. The van der Waals surface area contributed by atoms with Crippen LogP contribution in [0.2, 0.25) is 0 Å². The molecule has 1 aromatic carbocycles. The van der Waals surface area contributed by atoms with E-state index in [2.05, 4.69) is 11.9 Å². The molecule has 1 aliphatic heterocycles. The van der Waals surface area contributed by atoms with Crippen LogP contribution in [0.5, 0.6) is 0 Å². The lowest BCUT2D eigenvalue weighted by Gasteiger charge is -2.30. The van der Waals surface area contributed by atoms with Gasteiger partial charge in [0.15, 0.2) is 6.23 Å². The largest absolute Gasteiger partial charge is 0.398 e. The fourth-order valence-corrected chi connectivity index (χ4v) is 2.05. The van der Waals surface area contributed by atoms with Gasteiger partial charge >= 0.3 is 0 Å². The summed E-state index contributed by atoms with van der Waals surface area (Å²) in [6, 6.07) is 5.52. The summed E-state index contributed by atoms with van der Waals surface area (Å²) < 4.78 is 0. The molecule has 4 heteroatoms. The Morgan fingerprint density at radius 3 is 3.00 bits per heavy atom. The Hall–Kier alpha value is -1.55. The smallest absolute Gasteiger partial charge is 0.158 e. The lowest BCUT2D eigenvalue weighted by molar-refractivity contribution is 0.0540. The summed E-state index contributed by atoms with van der Waals surface area (Å²) >= 11 is 0. The molecule has 0 saturated heterocycles. The first-order chi connectivity index (χ1) is 8.24. The molecule has 0 amide bonds. The summed E-state index contributed by atoms with van der Waals surface area (Å²) in [4.78, 5) is 6.17. The maximum Gasteiger partial charge on any atom is 0.158 e. The van der Waals surface area contributed by atoms with Gasteiger partial charge in [-0.25, -0.2) is 4.99 Å². The Bertz CT molecular complexity index is 417. The highest BCUT2D eigenvalue weighted by Gasteiger charge is 2.23. The van der Waals surface area contributed by atoms with Gasteiger partial charge in [0.25, 0.3) is 0 Å². The minimum Gasteiger partial charge on any atom is -0.398 e. The maximum atomic E-state index is 10.3. The summed E-state index contributed by atoms with van der Waals surface area (Å²) in [5.41, 5.74) is 7.99. The molecule has 0 aromatic heterocycles. The van der Waals surface area contributed by atoms with Crippen molar-refractivity contribution in [3.63, 3.8) is 0 Å². The fourth-order valence-electron chi connectivity index (χ4n) is 2.05. The number of aliphatic hydroxyl groups is 1. The standard InChI is InChI=1S/C13H19N3O/c1-2-3-4-8-16-9-15-11-7-5-6-10(14)12(11)13(16)17/h5-7,9,13,17H,2-4,8,14H2,1H3. The molecule has 0 saturated carbocycles. The predicted molar refractivity (Wildman–Crippen MR) is 70.2 cm³/mol. The van der Waals surface area contributed by atoms with Gasteiger partial charge in [-0.3, -0.25) is 0 Å². The van der Waals surface area contributed by atoms with Crippen molar-refractivity contribution in [3.8, 4) is 0 Å². The molecule has 3 N–H and O–H groups in total. The number of benzene rings is 1. The van der Waals surface area contributed by atoms with Gasteiger partial charge < -0.3 is 15.7 Å². The monoisotopic (exact) mass is 233 g/mol. The van der Waals surface area contributed by atoms with Crippen molar-refractivity contribution in [1.29, 1.82) is 0 Å². The van der Waals surface area contributed by atoms with Crippen molar-refractivity contribution in [3.05, 3.63) is 23.8 Å². The lowest BCUT2D eigenvalue weighted by atomic mass is 10.1. The van der Waals surface area contributed by atoms with Crippen LogP contribution < -0.4 is 5.73 Å². The SMILES string of the molecule is CCCCCN1C=Nc2cccc(N)c2C1O.